The standard InChI is InChI=1S/C2H6Cl2Si.CH4O/c1-5(2,3)4;1-2/h1-2H3;2H,1H3. The zero-order chi connectivity index (χ0) is 6.50. The van der Waals surface area contributed by atoms with Crippen molar-refractivity contribution in [1.82, 2.24) is 0 Å². The van der Waals surface area contributed by atoms with E-state index in [-0.39, 0.29) is 0 Å². The lowest BCUT2D eigenvalue weighted by atomic mass is 11.8. The summed E-state index contributed by atoms with van der Waals surface area (Å²) in [5, 5.41) is 7.00. The highest BCUT2D eigenvalue weighted by Gasteiger charge is 2.08. The van der Waals surface area contributed by atoms with E-state index < -0.39 is 6.69 Å². The van der Waals surface area contributed by atoms with Crippen LogP contribution in [0.25, 0.3) is 0 Å². The first-order valence-electron chi connectivity index (χ1n) is 1.83. The molecule has 0 bridgehead atoms. The minimum atomic E-state index is -1.67. The van der Waals surface area contributed by atoms with Crippen molar-refractivity contribution < 1.29 is 5.11 Å². The van der Waals surface area contributed by atoms with E-state index in [1.807, 2.05) is 13.1 Å². The third kappa shape index (κ3) is 267. The fraction of sp³-hybridized carbons (Fsp3) is 1.00. The van der Waals surface area contributed by atoms with Gasteiger partial charge in [0.25, 0.3) is 0 Å². The third-order valence-electron chi connectivity index (χ3n) is 0. The number of aliphatic hydroxyl groups is 1. The van der Waals surface area contributed by atoms with Gasteiger partial charge in [-0.05, 0) is 13.1 Å². The zero-order valence-corrected chi connectivity index (χ0v) is 7.22. The molecule has 0 atom stereocenters. The summed E-state index contributed by atoms with van der Waals surface area (Å²) in [4.78, 5) is 0. The van der Waals surface area contributed by atoms with Gasteiger partial charge in [0.15, 0.2) is 0 Å². The molecule has 0 heterocycles. The van der Waals surface area contributed by atoms with E-state index in [9.17, 15) is 0 Å². The van der Waals surface area contributed by atoms with E-state index in [0.29, 0.717) is 0 Å². The van der Waals surface area contributed by atoms with Crippen LogP contribution in [0.2, 0.25) is 13.1 Å². The maximum Gasteiger partial charge on any atom is 0.245 e. The first-order chi connectivity index (χ1) is 3.00. The van der Waals surface area contributed by atoms with Crippen molar-refractivity contribution in [3.63, 3.8) is 0 Å². The minimum absolute atomic E-state index is 1.00. The Hall–Kier alpha value is 0.757. The molecule has 0 radical (unpaired) electrons. The summed E-state index contributed by atoms with van der Waals surface area (Å²) < 4.78 is 0. The van der Waals surface area contributed by atoms with Crippen LogP contribution in [0.3, 0.4) is 0 Å². The molecule has 0 amide bonds. The largest absolute Gasteiger partial charge is 0.400 e. The number of hydrogen-bond acceptors (Lipinski definition) is 1. The van der Waals surface area contributed by atoms with E-state index in [4.69, 9.17) is 27.3 Å². The van der Waals surface area contributed by atoms with Crippen molar-refractivity contribution in [2.24, 2.45) is 0 Å². The number of rotatable bonds is 0. The van der Waals surface area contributed by atoms with E-state index in [1.165, 1.54) is 0 Å². The van der Waals surface area contributed by atoms with Crippen LogP contribution in [0.1, 0.15) is 0 Å². The number of halogens is 2. The molecule has 46 valence electrons. The second-order valence-electron chi connectivity index (χ2n) is 1.33. The highest BCUT2D eigenvalue weighted by Crippen LogP contribution is 2.10. The molecule has 0 rings (SSSR count). The van der Waals surface area contributed by atoms with Crippen molar-refractivity contribution >= 4 is 28.9 Å². The van der Waals surface area contributed by atoms with Gasteiger partial charge in [0, 0.05) is 7.11 Å². The van der Waals surface area contributed by atoms with E-state index >= 15 is 0 Å². The Morgan fingerprint density at radius 3 is 1.14 bits per heavy atom. The quantitative estimate of drug-likeness (QED) is 0.424. The molecule has 0 aliphatic carbocycles. The van der Waals surface area contributed by atoms with Crippen LogP contribution < -0.4 is 0 Å². The predicted molar refractivity (Wildman–Crippen MR) is 37.3 cm³/mol. The van der Waals surface area contributed by atoms with Gasteiger partial charge in [-0.1, -0.05) is 0 Å². The van der Waals surface area contributed by atoms with Gasteiger partial charge in [-0.2, -0.15) is 0 Å². The Morgan fingerprint density at radius 2 is 1.14 bits per heavy atom. The Morgan fingerprint density at radius 1 is 1.14 bits per heavy atom. The number of hydrogen-bond donors (Lipinski definition) is 1. The predicted octanol–water partition coefficient (Wildman–Crippen LogP) is 1.77. The average molecular weight is 161 g/mol. The molecule has 7 heavy (non-hydrogen) atoms. The van der Waals surface area contributed by atoms with Crippen molar-refractivity contribution in [3.05, 3.63) is 0 Å². The van der Waals surface area contributed by atoms with Gasteiger partial charge in [0.2, 0.25) is 6.69 Å². The SMILES string of the molecule is CO.C[Si](C)(Cl)Cl. The maximum atomic E-state index is 7.00. The molecule has 0 spiro atoms. The molecule has 0 saturated carbocycles. The van der Waals surface area contributed by atoms with Crippen LogP contribution in [0, 0.1) is 0 Å². The molecule has 0 aromatic rings. The van der Waals surface area contributed by atoms with Crippen LogP contribution in [-0.2, 0) is 0 Å². The number of aliphatic hydroxyl groups excluding tert-OH is 1. The summed E-state index contributed by atoms with van der Waals surface area (Å²) in [5.74, 6) is 0. The molecule has 1 N–H and O–H groups in total. The average Bonchev–Trinajstić information content (AvgIpc) is 1.36. The van der Waals surface area contributed by atoms with Gasteiger partial charge >= 0.3 is 0 Å². The molecule has 4 heteroatoms. The van der Waals surface area contributed by atoms with Gasteiger partial charge in [-0.15, -0.1) is 22.2 Å². The smallest absolute Gasteiger partial charge is 0.245 e. The topological polar surface area (TPSA) is 20.2 Å². The summed E-state index contributed by atoms with van der Waals surface area (Å²) >= 11 is 10.9. The van der Waals surface area contributed by atoms with Crippen molar-refractivity contribution in [2.75, 3.05) is 7.11 Å². The first kappa shape index (κ1) is 10.7. The molecule has 0 aromatic heterocycles. The molecule has 1 nitrogen and oxygen atoms in total. The summed E-state index contributed by atoms with van der Waals surface area (Å²) in [7, 11) is 1.00. The molecule has 0 aromatic carbocycles. The molecule has 0 fully saturated rings. The molecule has 0 saturated heterocycles. The highest BCUT2D eigenvalue weighted by atomic mass is 35.7. The Kier molecular flexibility index (Phi) is 7.49. The summed E-state index contributed by atoms with van der Waals surface area (Å²) in [5.41, 5.74) is 0. The lowest BCUT2D eigenvalue weighted by Crippen LogP contribution is -2.02. The van der Waals surface area contributed by atoms with E-state index in [1.54, 1.807) is 0 Å². The lowest BCUT2D eigenvalue weighted by molar-refractivity contribution is 0.399. The van der Waals surface area contributed by atoms with Gasteiger partial charge < -0.3 is 5.11 Å². The lowest BCUT2D eigenvalue weighted by Gasteiger charge is -1.93. The van der Waals surface area contributed by atoms with Crippen LogP contribution >= 0.6 is 22.2 Å². The normalized spacial score (nSPS) is 9.43. The van der Waals surface area contributed by atoms with Gasteiger partial charge in [-0.3, -0.25) is 0 Å². The third-order valence-corrected chi connectivity index (χ3v) is 0. The summed E-state index contributed by atoms with van der Waals surface area (Å²) in [6, 6.07) is 0. The monoisotopic (exact) mass is 160 g/mol. The Balaban J connectivity index is 0. The molecule has 0 aliphatic rings. The fourth-order valence-corrected chi connectivity index (χ4v) is 0. The Bertz CT molecular complexity index is 28.4. The van der Waals surface area contributed by atoms with Gasteiger partial charge in [0.05, 0.1) is 0 Å². The second kappa shape index (κ2) is 4.90. The summed E-state index contributed by atoms with van der Waals surface area (Å²) in [6.45, 7) is 2.05. The van der Waals surface area contributed by atoms with Gasteiger partial charge in [0.1, 0.15) is 0 Å². The maximum absolute atomic E-state index is 7.00. The van der Waals surface area contributed by atoms with Crippen molar-refractivity contribution in [3.8, 4) is 0 Å². The molecular formula is C3H10Cl2OSi. The van der Waals surface area contributed by atoms with Crippen LogP contribution in [0.5, 0.6) is 0 Å². The highest BCUT2D eigenvalue weighted by molar-refractivity contribution is 7.44. The summed E-state index contributed by atoms with van der Waals surface area (Å²) in [6.07, 6.45) is 0. The van der Waals surface area contributed by atoms with Crippen molar-refractivity contribution in [2.45, 2.75) is 13.1 Å². The minimum Gasteiger partial charge on any atom is -0.400 e. The van der Waals surface area contributed by atoms with E-state index in [2.05, 4.69) is 0 Å². The molecular weight excluding hydrogens is 151 g/mol. The van der Waals surface area contributed by atoms with Crippen LogP contribution in [0.4, 0.5) is 0 Å². The molecule has 0 unspecified atom stereocenters. The van der Waals surface area contributed by atoms with Crippen molar-refractivity contribution in [1.29, 1.82) is 0 Å². The van der Waals surface area contributed by atoms with Gasteiger partial charge in [-0.25, -0.2) is 0 Å². The Labute approximate surface area is 54.7 Å². The first-order valence-corrected chi connectivity index (χ1v) is 6.85. The second-order valence-corrected chi connectivity index (χ2v) is 10.2. The fourth-order valence-electron chi connectivity index (χ4n) is 0. The molecule has 0 aliphatic heterocycles. The zero-order valence-electron chi connectivity index (χ0n) is 4.70. The van der Waals surface area contributed by atoms with Crippen LogP contribution in [0.15, 0.2) is 0 Å². The van der Waals surface area contributed by atoms with Crippen LogP contribution in [-0.4, -0.2) is 18.9 Å². The van der Waals surface area contributed by atoms with E-state index in [0.717, 1.165) is 7.11 Å².